The van der Waals surface area contributed by atoms with Crippen molar-refractivity contribution in [1.82, 2.24) is 5.32 Å². The first-order chi connectivity index (χ1) is 11.2. The Labute approximate surface area is 151 Å². The summed E-state index contributed by atoms with van der Waals surface area (Å²) in [4.78, 5) is 0. The molecule has 0 radical (unpaired) electrons. The van der Waals surface area contributed by atoms with Crippen LogP contribution >= 0.6 is 23.4 Å². The number of hydrogen-bond acceptors (Lipinski definition) is 5. The van der Waals surface area contributed by atoms with Crippen LogP contribution < -0.4 is 13.9 Å². The molecule has 0 aliphatic carbocycles. The van der Waals surface area contributed by atoms with E-state index in [1.54, 1.807) is 8.61 Å². The minimum atomic E-state index is -3.08. The van der Waals surface area contributed by atoms with Gasteiger partial charge in [0.15, 0.2) is 0 Å². The summed E-state index contributed by atoms with van der Waals surface area (Å²) in [7, 11) is -1.15. The van der Waals surface area contributed by atoms with E-state index in [2.05, 4.69) is 5.32 Å². The number of unbranched alkanes of at least 4 members (excludes halogenated alkanes) is 1. The molecule has 0 bridgehead atoms. The van der Waals surface area contributed by atoms with Gasteiger partial charge in [-0.25, -0.2) is 4.31 Å². The second kappa shape index (κ2) is 8.09. The Hall–Kier alpha value is -1.44. The lowest BCUT2D eigenvalue weighted by atomic mass is 10.2. The van der Waals surface area contributed by atoms with Crippen molar-refractivity contribution in [2.45, 2.75) is 12.8 Å². The fourth-order valence-electron chi connectivity index (χ4n) is 2.85. The van der Waals surface area contributed by atoms with E-state index < -0.39 is 11.0 Å². The Kier molecular flexibility index (Phi) is 6.37. The van der Waals surface area contributed by atoms with Crippen LogP contribution in [0, 0.1) is 0 Å². The quantitative estimate of drug-likeness (QED) is 0.647. The van der Waals surface area contributed by atoms with Crippen LogP contribution in [0.4, 0.5) is 17.1 Å². The third kappa shape index (κ3) is 3.48. The molecule has 0 fully saturated rings. The minimum absolute atomic E-state index is 0. The summed E-state index contributed by atoms with van der Waals surface area (Å²) in [5, 5.41) is 3.12. The van der Waals surface area contributed by atoms with Crippen molar-refractivity contribution in [1.29, 1.82) is 0 Å². The number of nitrogens with zero attached hydrogens (tertiary/aromatic N) is 2. The van der Waals surface area contributed by atoms with E-state index in [9.17, 15) is 9.11 Å². The van der Waals surface area contributed by atoms with E-state index in [1.807, 2.05) is 61.6 Å². The predicted molar refractivity (Wildman–Crippen MR) is 106 cm³/mol. The van der Waals surface area contributed by atoms with Crippen molar-refractivity contribution >= 4 is 40.4 Å². The number of rotatable bonds is 6. The molecule has 1 aliphatic rings. The van der Waals surface area contributed by atoms with E-state index >= 15 is 0 Å². The number of benzene rings is 2. The summed E-state index contributed by atoms with van der Waals surface area (Å²) in [5.41, 5.74) is 2.51. The zero-order valence-corrected chi connectivity index (χ0v) is 15.3. The highest BCUT2D eigenvalue weighted by atomic mass is 35.5. The molecule has 0 spiro atoms. The molecule has 0 amide bonds. The summed E-state index contributed by atoms with van der Waals surface area (Å²) in [6.45, 7) is 1.54. The number of fused-ring (bicyclic) bond motifs is 1. The maximum Gasteiger partial charge on any atom is 0.0896 e. The Balaban J connectivity index is 0.00000208. The molecule has 7 heteroatoms. The molecular weight excluding hydrogens is 346 g/mol. The summed E-state index contributed by atoms with van der Waals surface area (Å²) in [6, 6.07) is 17.3. The summed E-state index contributed by atoms with van der Waals surface area (Å²) < 4.78 is 25.2. The van der Waals surface area contributed by atoms with Crippen LogP contribution in [-0.2, 0) is 0 Å². The summed E-state index contributed by atoms with van der Waals surface area (Å²) in [5.74, 6) is 0. The molecule has 0 atom stereocenters. The fourth-order valence-corrected chi connectivity index (χ4v) is 4.67. The fraction of sp³-hybridized carbons (Fsp3) is 0.294. The van der Waals surface area contributed by atoms with Crippen molar-refractivity contribution in [3.05, 3.63) is 54.6 Å². The van der Waals surface area contributed by atoms with E-state index in [0.29, 0.717) is 6.54 Å². The van der Waals surface area contributed by atoms with Crippen molar-refractivity contribution in [3.63, 3.8) is 0 Å². The van der Waals surface area contributed by atoms with Gasteiger partial charge in [-0.2, -0.15) is 0 Å². The Morgan fingerprint density at radius 1 is 0.917 bits per heavy atom. The molecule has 24 heavy (non-hydrogen) atoms. The first kappa shape index (κ1) is 18.9. The summed E-state index contributed by atoms with van der Waals surface area (Å²) >= 11 is 0. The second-order valence-electron chi connectivity index (χ2n) is 5.52. The topological polar surface area (TPSA) is 59.0 Å². The van der Waals surface area contributed by atoms with Gasteiger partial charge in [-0.1, -0.05) is 30.3 Å². The van der Waals surface area contributed by atoms with E-state index in [1.165, 1.54) is 0 Å². The van der Waals surface area contributed by atoms with E-state index in [-0.39, 0.29) is 12.4 Å². The molecule has 0 saturated carbocycles. The van der Waals surface area contributed by atoms with E-state index in [4.69, 9.17) is 0 Å². The average molecular weight is 370 g/mol. The summed E-state index contributed by atoms with van der Waals surface area (Å²) in [6.07, 6.45) is 1.89. The van der Waals surface area contributed by atoms with Crippen LogP contribution in [-0.4, -0.2) is 29.2 Å². The molecule has 0 aromatic heterocycles. The number of nitrogens with one attached hydrogen (secondary N) is 1. The lowest BCUT2D eigenvalue weighted by molar-refractivity contribution is 0.483. The third-order valence-corrected chi connectivity index (χ3v) is 5.81. The Morgan fingerprint density at radius 3 is 2.21 bits per heavy atom. The molecule has 3 rings (SSSR count). The highest BCUT2D eigenvalue weighted by molar-refractivity contribution is 8.27. The first-order valence-corrected chi connectivity index (χ1v) is 9.27. The van der Waals surface area contributed by atoms with Crippen LogP contribution in [0.5, 0.6) is 0 Å². The van der Waals surface area contributed by atoms with Crippen LogP contribution in [0.15, 0.2) is 54.6 Å². The van der Waals surface area contributed by atoms with Gasteiger partial charge in [-0.15, -0.1) is 12.4 Å². The molecule has 132 valence electrons. The van der Waals surface area contributed by atoms with Gasteiger partial charge in [0.25, 0.3) is 0 Å². The third-order valence-electron chi connectivity index (χ3n) is 3.94. The standard InChI is InChI=1S/C17H23N3O2S.ClH/c1-18-13-7-8-14-19-16-11-5-6-12-17(16)20(23(19,21)22)15-9-3-2-4-10-15;/h2-6,9-12,18,21-22H,7-8,13-14H2,1H3;1H. The smallest absolute Gasteiger partial charge is 0.0896 e. The average Bonchev–Trinajstić information content (AvgIpc) is 2.79. The van der Waals surface area contributed by atoms with Gasteiger partial charge in [0.2, 0.25) is 0 Å². The van der Waals surface area contributed by atoms with Gasteiger partial charge in [0, 0.05) is 6.54 Å². The minimum Gasteiger partial charge on any atom is -0.320 e. The highest BCUT2D eigenvalue weighted by Crippen LogP contribution is 2.63. The van der Waals surface area contributed by atoms with Gasteiger partial charge < -0.3 is 5.32 Å². The predicted octanol–water partition coefficient (Wildman–Crippen LogP) is 4.65. The largest absolute Gasteiger partial charge is 0.320 e. The van der Waals surface area contributed by atoms with Crippen LogP contribution in [0.2, 0.25) is 0 Å². The van der Waals surface area contributed by atoms with Gasteiger partial charge in [0.05, 0.1) is 17.1 Å². The number of halogens is 1. The number of anilines is 3. The molecule has 5 nitrogen and oxygen atoms in total. The maximum atomic E-state index is 10.9. The molecule has 0 unspecified atom stereocenters. The molecule has 3 N–H and O–H groups in total. The normalized spacial score (nSPS) is 16.5. The van der Waals surface area contributed by atoms with Crippen molar-refractivity contribution < 1.29 is 9.11 Å². The zero-order valence-electron chi connectivity index (χ0n) is 13.6. The van der Waals surface area contributed by atoms with Crippen molar-refractivity contribution in [2.75, 3.05) is 28.7 Å². The molecule has 0 saturated heterocycles. The second-order valence-corrected chi connectivity index (χ2v) is 7.31. The molecular formula is C17H24ClN3O2S. The molecule has 1 heterocycles. The highest BCUT2D eigenvalue weighted by Gasteiger charge is 2.40. The van der Waals surface area contributed by atoms with Gasteiger partial charge in [-0.3, -0.25) is 13.4 Å². The molecule has 2 aromatic rings. The van der Waals surface area contributed by atoms with Gasteiger partial charge in [0.1, 0.15) is 0 Å². The van der Waals surface area contributed by atoms with Gasteiger partial charge >= 0.3 is 0 Å². The SMILES string of the molecule is CNCCCCN1c2ccccc2N(c2ccccc2)S1(O)O.Cl. The number of hydrogen-bond donors (Lipinski definition) is 3. The lowest BCUT2D eigenvalue weighted by Gasteiger charge is -2.43. The van der Waals surface area contributed by atoms with Crippen molar-refractivity contribution in [2.24, 2.45) is 0 Å². The Morgan fingerprint density at radius 2 is 1.54 bits per heavy atom. The lowest BCUT2D eigenvalue weighted by Crippen LogP contribution is -2.32. The first-order valence-electron chi connectivity index (χ1n) is 7.81. The number of para-hydroxylation sites is 3. The van der Waals surface area contributed by atoms with Crippen LogP contribution in [0.3, 0.4) is 0 Å². The molecule has 2 aromatic carbocycles. The van der Waals surface area contributed by atoms with Gasteiger partial charge in [-0.05, 0) is 61.7 Å². The van der Waals surface area contributed by atoms with Crippen molar-refractivity contribution in [3.8, 4) is 0 Å². The maximum absolute atomic E-state index is 10.9. The van der Waals surface area contributed by atoms with Crippen LogP contribution in [0.1, 0.15) is 12.8 Å². The van der Waals surface area contributed by atoms with E-state index in [0.717, 1.165) is 36.4 Å². The zero-order chi connectivity index (χ0) is 16.3. The monoisotopic (exact) mass is 369 g/mol. The molecule has 1 aliphatic heterocycles. The Bertz CT molecular complexity index is 657. The van der Waals surface area contributed by atoms with Crippen LogP contribution in [0.25, 0.3) is 0 Å².